The number of nitrogens with zero attached hydrogens (tertiary/aromatic N) is 3. The lowest BCUT2D eigenvalue weighted by Crippen LogP contribution is -2.54. The monoisotopic (exact) mass is 330 g/mol. The average Bonchev–Trinajstić information content (AvgIpc) is 2.98. The molecule has 1 aliphatic rings. The molecular weight excluding hydrogens is 308 g/mol. The van der Waals surface area contributed by atoms with Gasteiger partial charge in [0.1, 0.15) is 5.82 Å². The zero-order valence-corrected chi connectivity index (χ0v) is 14.0. The first-order valence-electron chi connectivity index (χ1n) is 7.97. The lowest BCUT2D eigenvalue weighted by atomic mass is 9.82. The number of aromatic nitrogens is 3. The molecule has 24 heavy (non-hydrogen) atoms. The Hall–Kier alpha value is -2.41. The maximum atomic E-state index is 11.1. The van der Waals surface area contributed by atoms with Gasteiger partial charge in [-0.25, -0.2) is 9.78 Å². The molecule has 0 radical (unpaired) electrons. The van der Waals surface area contributed by atoms with Crippen molar-refractivity contribution in [2.24, 2.45) is 0 Å². The van der Waals surface area contributed by atoms with Crippen molar-refractivity contribution < 1.29 is 14.6 Å². The van der Waals surface area contributed by atoms with Crippen molar-refractivity contribution in [3.63, 3.8) is 0 Å². The van der Waals surface area contributed by atoms with E-state index < -0.39 is 5.97 Å². The highest BCUT2D eigenvalue weighted by atomic mass is 16.5. The van der Waals surface area contributed by atoms with Crippen LogP contribution in [0.1, 0.15) is 43.7 Å². The van der Waals surface area contributed by atoms with Gasteiger partial charge < -0.3 is 15.2 Å². The summed E-state index contributed by atoms with van der Waals surface area (Å²) in [6.07, 6.45) is 4.51. The largest absolute Gasteiger partial charge is 0.477 e. The molecule has 0 saturated heterocycles. The highest BCUT2D eigenvalue weighted by Crippen LogP contribution is 2.39. The van der Waals surface area contributed by atoms with Gasteiger partial charge in [0.15, 0.2) is 5.69 Å². The Labute approximate surface area is 140 Å². The molecule has 2 aromatic heterocycles. The van der Waals surface area contributed by atoms with Crippen LogP contribution in [0.2, 0.25) is 0 Å². The van der Waals surface area contributed by atoms with Gasteiger partial charge in [-0.3, -0.25) is 4.68 Å². The molecule has 128 valence electrons. The lowest BCUT2D eigenvalue weighted by Gasteiger charge is -2.47. The van der Waals surface area contributed by atoms with Crippen molar-refractivity contribution in [1.82, 2.24) is 14.8 Å². The van der Waals surface area contributed by atoms with Crippen LogP contribution in [0.25, 0.3) is 0 Å². The van der Waals surface area contributed by atoms with E-state index in [2.05, 4.69) is 15.4 Å². The number of pyridine rings is 1. The maximum absolute atomic E-state index is 11.1. The highest BCUT2D eigenvalue weighted by Gasteiger charge is 2.45. The Morgan fingerprint density at radius 1 is 1.38 bits per heavy atom. The molecule has 0 amide bonds. The van der Waals surface area contributed by atoms with E-state index in [1.165, 1.54) is 6.07 Å². The third kappa shape index (κ3) is 3.56. The minimum atomic E-state index is -1.04. The van der Waals surface area contributed by atoms with Gasteiger partial charge in [0.05, 0.1) is 23.8 Å². The molecule has 7 heteroatoms. The molecule has 0 bridgehead atoms. The SMILES string of the molecule is CC(C)(C)OC1CC(Nc2cccc(C(=O)O)n2)C1n1cccn1. The van der Waals surface area contributed by atoms with Crippen LogP contribution < -0.4 is 5.32 Å². The maximum Gasteiger partial charge on any atom is 0.354 e. The van der Waals surface area contributed by atoms with Gasteiger partial charge in [-0.2, -0.15) is 5.10 Å². The van der Waals surface area contributed by atoms with Gasteiger partial charge in [-0.15, -0.1) is 0 Å². The van der Waals surface area contributed by atoms with Gasteiger partial charge in [0.25, 0.3) is 0 Å². The molecule has 1 fully saturated rings. The van der Waals surface area contributed by atoms with E-state index in [4.69, 9.17) is 9.84 Å². The molecule has 0 aromatic carbocycles. The zero-order valence-electron chi connectivity index (χ0n) is 14.0. The number of rotatable bonds is 5. The van der Waals surface area contributed by atoms with E-state index in [9.17, 15) is 4.79 Å². The second-order valence-electron chi connectivity index (χ2n) is 6.95. The summed E-state index contributed by atoms with van der Waals surface area (Å²) in [5.41, 5.74) is -0.208. The number of ether oxygens (including phenoxy) is 1. The number of nitrogens with one attached hydrogen (secondary N) is 1. The molecule has 0 spiro atoms. The fourth-order valence-electron chi connectivity index (χ4n) is 2.94. The molecule has 0 aliphatic heterocycles. The van der Waals surface area contributed by atoms with Crippen molar-refractivity contribution in [1.29, 1.82) is 0 Å². The molecule has 1 saturated carbocycles. The smallest absolute Gasteiger partial charge is 0.354 e. The summed E-state index contributed by atoms with van der Waals surface area (Å²) in [7, 11) is 0. The summed E-state index contributed by atoms with van der Waals surface area (Å²) in [6.45, 7) is 6.10. The highest BCUT2D eigenvalue weighted by molar-refractivity contribution is 5.85. The summed E-state index contributed by atoms with van der Waals surface area (Å²) >= 11 is 0. The van der Waals surface area contributed by atoms with Gasteiger partial charge in [0, 0.05) is 12.4 Å². The molecule has 1 aliphatic carbocycles. The number of hydrogen-bond acceptors (Lipinski definition) is 5. The van der Waals surface area contributed by atoms with Gasteiger partial charge >= 0.3 is 5.97 Å². The molecule has 3 unspecified atom stereocenters. The summed E-state index contributed by atoms with van der Waals surface area (Å²) in [6, 6.07) is 6.93. The quantitative estimate of drug-likeness (QED) is 0.876. The molecule has 2 heterocycles. The fourth-order valence-corrected chi connectivity index (χ4v) is 2.94. The summed E-state index contributed by atoms with van der Waals surface area (Å²) in [5.74, 6) is -0.490. The van der Waals surface area contributed by atoms with Crippen LogP contribution in [0.15, 0.2) is 36.7 Å². The van der Waals surface area contributed by atoms with E-state index in [0.717, 1.165) is 6.42 Å². The number of carboxylic acid groups (broad SMARTS) is 1. The van der Waals surface area contributed by atoms with Crippen molar-refractivity contribution >= 4 is 11.8 Å². The van der Waals surface area contributed by atoms with Gasteiger partial charge in [-0.1, -0.05) is 6.07 Å². The number of aromatic carboxylic acids is 1. The molecule has 7 nitrogen and oxygen atoms in total. The average molecular weight is 330 g/mol. The normalized spacial score (nSPS) is 23.5. The zero-order chi connectivity index (χ0) is 17.3. The van der Waals surface area contributed by atoms with Crippen LogP contribution >= 0.6 is 0 Å². The first-order chi connectivity index (χ1) is 11.3. The fraction of sp³-hybridized carbons (Fsp3) is 0.471. The molecule has 3 rings (SSSR count). The molecular formula is C17H22N4O3. The predicted molar refractivity (Wildman–Crippen MR) is 89.1 cm³/mol. The predicted octanol–water partition coefficient (Wildman–Crippen LogP) is 2.59. The van der Waals surface area contributed by atoms with E-state index in [1.807, 2.05) is 37.7 Å². The van der Waals surface area contributed by atoms with E-state index in [0.29, 0.717) is 5.82 Å². The number of carboxylic acids is 1. The van der Waals surface area contributed by atoms with Crippen molar-refractivity contribution in [3.05, 3.63) is 42.4 Å². The Balaban J connectivity index is 1.76. The first kappa shape index (κ1) is 16.4. The van der Waals surface area contributed by atoms with Crippen LogP contribution in [-0.4, -0.2) is 43.6 Å². The van der Waals surface area contributed by atoms with E-state index >= 15 is 0 Å². The topological polar surface area (TPSA) is 89.3 Å². The minimum absolute atomic E-state index is 0.0254. The Bertz CT molecular complexity index is 709. The number of carbonyl (C=O) groups is 1. The third-order valence-electron chi connectivity index (χ3n) is 3.92. The second kappa shape index (κ2) is 6.24. The Morgan fingerprint density at radius 2 is 2.17 bits per heavy atom. The van der Waals surface area contributed by atoms with Crippen LogP contribution in [0, 0.1) is 0 Å². The van der Waals surface area contributed by atoms with Crippen molar-refractivity contribution in [2.75, 3.05) is 5.32 Å². The van der Waals surface area contributed by atoms with Gasteiger partial charge in [-0.05, 0) is 45.4 Å². The van der Waals surface area contributed by atoms with E-state index in [1.54, 1.807) is 18.3 Å². The minimum Gasteiger partial charge on any atom is -0.477 e. The number of anilines is 1. The van der Waals surface area contributed by atoms with Crippen molar-refractivity contribution in [3.8, 4) is 0 Å². The lowest BCUT2D eigenvalue weighted by molar-refractivity contribution is -0.126. The second-order valence-corrected chi connectivity index (χ2v) is 6.95. The molecule has 2 aromatic rings. The Kier molecular flexibility index (Phi) is 4.28. The van der Waals surface area contributed by atoms with Crippen LogP contribution in [0.3, 0.4) is 0 Å². The van der Waals surface area contributed by atoms with Gasteiger partial charge in [0.2, 0.25) is 0 Å². The first-order valence-corrected chi connectivity index (χ1v) is 7.97. The van der Waals surface area contributed by atoms with Crippen LogP contribution in [0.5, 0.6) is 0 Å². The number of hydrogen-bond donors (Lipinski definition) is 2. The summed E-state index contributed by atoms with van der Waals surface area (Å²) in [4.78, 5) is 15.2. The summed E-state index contributed by atoms with van der Waals surface area (Å²) in [5, 5.41) is 16.7. The molecule has 2 N–H and O–H groups in total. The van der Waals surface area contributed by atoms with Crippen molar-refractivity contribution in [2.45, 2.75) is 51.0 Å². The summed E-state index contributed by atoms with van der Waals surface area (Å²) < 4.78 is 8.01. The standard InChI is InChI=1S/C17H22N4O3/c1-17(2,3)24-13-10-12(15(13)21-9-5-8-18-21)20-14-7-4-6-11(19-14)16(22)23/h4-9,12-13,15H,10H2,1-3H3,(H,19,20)(H,22,23). The van der Waals surface area contributed by atoms with Crippen LogP contribution in [0.4, 0.5) is 5.82 Å². The molecule has 3 atom stereocenters. The third-order valence-corrected chi connectivity index (χ3v) is 3.92. The van der Waals surface area contributed by atoms with E-state index in [-0.39, 0.29) is 29.5 Å². The Morgan fingerprint density at radius 3 is 2.79 bits per heavy atom. The van der Waals surface area contributed by atoms with Crippen LogP contribution in [-0.2, 0) is 4.74 Å².